The molecule has 1 saturated heterocycles. The van der Waals surface area contributed by atoms with E-state index in [1.165, 1.54) is 6.42 Å². The number of hydrogen-bond acceptors (Lipinski definition) is 2. The van der Waals surface area contributed by atoms with Gasteiger partial charge in [0.2, 0.25) is 0 Å². The highest BCUT2D eigenvalue weighted by molar-refractivity contribution is 5.97. The van der Waals surface area contributed by atoms with Crippen LogP contribution in [-0.4, -0.2) is 22.9 Å². The zero-order valence-corrected chi connectivity index (χ0v) is 11.1. The van der Waals surface area contributed by atoms with Crippen LogP contribution >= 0.6 is 0 Å². The molecule has 0 aromatic carbocycles. The molecule has 0 radical (unpaired) electrons. The smallest absolute Gasteiger partial charge is 0.258 e. The Bertz CT molecular complexity index is 392. The third-order valence-electron chi connectivity index (χ3n) is 3.80. The third-order valence-corrected chi connectivity index (χ3v) is 3.80. The minimum atomic E-state index is 0.133. The molecule has 0 spiro atoms. The number of nitrogens with zero attached hydrogens (tertiary/aromatic N) is 1. The van der Waals surface area contributed by atoms with Crippen LogP contribution in [0.15, 0.2) is 10.7 Å². The van der Waals surface area contributed by atoms with Crippen LogP contribution in [0.1, 0.15) is 54.8 Å². The van der Waals surface area contributed by atoms with Crippen molar-refractivity contribution in [3.63, 3.8) is 0 Å². The van der Waals surface area contributed by atoms with E-state index in [1.54, 1.807) is 6.26 Å². The highest BCUT2D eigenvalue weighted by Gasteiger charge is 2.31. The Labute approximate surface area is 103 Å². The predicted molar refractivity (Wildman–Crippen MR) is 67.1 cm³/mol. The Balaban J connectivity index is 2.30. The van der Waals surface area contributed by atoms with E-state index in [1.807, 2.05) is 18.7 Å². The van der Waals surface area contributed by atoms with E-state index in [2.05, 4.69) is 13.8 Å². The summed E-state index contributed by atoms with van der Waals surface area (Å²) in [5, 5.41) is 0. The molecular formula is C14H21NO2. The van der Waals surface area contributed by atoms with E-state index in [9.17, 15) is 4.79 Å². The highest BCUT2D eigenvalue weighted by Crippen LogP contribution is 2.27. The lowest BCUT2D eigenvalue weighted by atomic mass is 9.96. The molecule has 1 aliphatic rings. The Kier molecular flexibility index (Phi) is 3.27. The van der Waals surface area contributed by atoms with Crippen molar-refractivity contribution >= 4 is 5.91 Å². The number of hydrogen-bond donors (Lipinski definition) is 0. The molecule has 3 heteroatoms. The summed E-state index contributed by atoms with van der Waals surface area (Å²) in [6.07, 6.45) is 5.09. The topological polar surface area (TPSA) is 33.5 Å². The van der Waals surface area contributed by atoms with Crippen molar-refractivity contribution < 1.29 is 9.21 Å². The van der Waals surface area contributed by atoms with E-state index < -0.39 is 0 Å². The number of furan rings is 1. The van der Waals surface area contributed by atoms with Crippen molar-refractivity contribution in [1.82, 2.24) is 4.90 Å². The second-order valence-corrected chi connectivity index (χ2v) is 5.19. The van der Waals surface area contributed by atoms with Crippen LogP contribution in [0.2, 0.25) is 0 Å². The van der Waals surface area contributed by atoms with Crippen molar-refractivity contribution in [2.45, 2.75) is 59.0 Å². The fraction of sp³-hybridized carbons (Fsp3) is 0.643. The summed E-state index contributed by atoms with van der Waals surface area (Å²) in [5.41, 5.74) is 1.70. The van der Waals surface area contributed by atoms with Gasteiger partial charge >= 0.3 is 0 Å². The highest BCUT2D eigenvalue weighted by atomic mass is 16.3. The van der Waals surface area contributed by atoms with Crippen LogP contribution in [0.4, 0.5) is 0 Å². The van der Waals surface area contributed by atoms with Crippen molar-refractivity contribution in [2.24, 2.45) is 0 Å². The minimum Gasteiger partial charge on any atom is -0.469 e. The Morgan fingerprint density at radius 2 is 1.88 bits per heavy atom. The van der Waals surface area contributed by atoms with Gasteiger partial charge in [0.05, 0.1) is 11.8 Å². The van der Waals surface area contributed by atoms with Gasteiger partial charge in [-0.25, -0.2) is 0 Å². The molecule has 0 bridgehead atoms. The van der Waals surface area contributed by atoms with Crippen LogP contribution < -0.4 is 0 Å². The summed E-state index contributed by atoms with van der Waals surface area (Å²) < 4.78 is 5.33. The van der Waals surface area contributed by atoms with E-state index in [4.69, 9.17) is 4.42 Å². The maximum absolute atomic E-state index is 12.6. The van der Waals surface area contributed by atoms with Crippen LogP contribution in [0.3, 0.4) is 0 Å². The molecule has 1 aliphatic heterocycles. The van der Waals surface area contributed by atoms with E-state index >= 15 is 0 Å². The van der Waals surface area contributed by atoms with Gasteiger partial charge in [-0.15, -0.1) is 0 Å². The van der Waals surface area contributed by atoms with Crippen molar-refractivity contribution in [2.75, 3.05) is 0 Å². The molecule has 3 nitrogen and oxygen atoms in total. The number of piperidine rings is 1. The molecule has 1 aromatic heterocycles. The summed E-state index contributed by atoms with van der Waals surface area (Å²) >= 11 is 0. The maximum Gasteiger partial charge on any atom is 0.258 e. The zero-order valence-electron chi connectivity index (χ0n) is 11.1. The first-order chi connectivity index (χ1) is 8.02. The lowest BCUT2D eigenvalue weighted by Gasteiger charge is -2.39. The monoisotopic (exact) mass is 235 g/mol. The van der Waals surface area contributed by atoms with Crippen LogP contribution in [-0.2, 0) is 0 Å². The first-order valence-corrected chi connectivity index (χ1v) is 6.39. The second kappa shape index (κ2) is 4.55. The summed E-state index contributed by atoms with van der Waals surface area (Å²) in [6, 6.07) is 0.667. The molecule has 2 rings (SSSR count). The Morgan fingerprint density at radius 3 is 2.35 bits per heavy atom. The molecule has 0 aliphatic carbocycles. The standard InChI is InChI=1S/C14H21NO2/c1-9-8-17-12(4)13(9)14(16)15-10(2)6-5-7-11(15)3/h8,10-11H,5-7H2,1-4H3. The number of aryl methyl sites for hydroxylation is 2. The second-order valence-electron chi connectivity index (χ2n) is 5.19. The number of carbonyl (C=O) groups is 1. The van der Waals surface area contributed by atoms with Gasteiger partial charge in [0.1, 0.15) is 5.76 Å². The molecule has 1 aromatic rings. The molecule has 1 fully saturated rings. The normalized spacial score (nSPS) is 25.1. The van der Waals surface area contributed by atoms with E-state index in [-0.39, 0.29) is 5.91 Å². The zero-order chi connectivity index (χ0) is 12.6. The average molecular weight is 235 g/mol. The van der Waals surface area contributed by atoms with Crippen molar-refractivity contribution in [1.29, 1.82) is 0 Å². The number of rotatable bonds is 1. The van der Waals surface area contributed by atoms with Gasteiger partial charge in [-0.2, -0.15) is 0 Å². The molecule has 1 amide bonds. The van der Waals surface area contributed by atoms with Crippen LogP contribution in [0.5, 0.6) is 0 Å². The Hall–Kier alpha value is -1.25. The van der Waals surface area contributed by atoms with Gasteiger partial charge in [0.15, 0.2) is 0 Å². The van der Waals surface area contributed by atoms with Gasteiger partial charge in [0, 0.05) is 17.6 Å². The van der Waals surface area contributed by atoms with Gasteiger partial charge < -0.3 is 9.32 Å². The maximum atomic E-state index is 12.6. The van der Waals surface area contributed by atoms with Gasteiger partial charge in [0.25, 0.3) is 5.91 Å². The van der Waals surface area contributed by atoms with Gasteiger partial charge in [-0.3, -0.25) is 4.79 Å². The van der Waals surface area contributed by atoms with Gasteiger partial charge in [-0.1, -0.05) is 0 Å². The molecule has 94 valence electrons. The van der Waals surface area contributed by atoms with Crippen molar-refractivity contribution in [3.8, 4) is 0 Å². The van der Waals surface area contributed by atoms with E-state index in [0.717, 1.165) is 29.7 Å². The minimum absolute atomic E-state index is 0.133. The number of amides is 1. The summed E-state index contributed by atoms with van der Waals surface area (Å²) in [4.78, 5) is 14.6. The van der Waals surface area contributed by atoms with E-state index in [0.29, 0.717) is 12.1 Å². The molecule has 2 heterocycles. The Morgan fingerprint density at radius 1 is 1.29 bits per heavy atom. The lowest BCUT2D eigenvalue weighted by molar-refractivity contribution is 0.0508. The number of carbonyl (C=O) groups excluding carboxylic acids is 1. The quantitative estimate of drug-likeness (QED) is 0.748. The molecule has 2 atom stereocenters. The largest absolute Gasteiger partial charge is 0.469 e. The number of likely N-dealkylation sites (tertiary alicyclic amines) is 1. The first kappa shape index (κ1) is 12.2. The molecule has 17 heavy (non-hydrogen) atoms. The SMILES string of the molecule is Cc1coc(C)c1C(=O)N1C(C)CCCC1C. The molecule has 0 saturated carbocycles. The predicted octanol–water partition coefficient (Wildman–Crippen LogP) is 3.30. The lowest BCUT2D eigenvalue weighted by Crippen LogP contribution is -2.47. The van der Waals surface area contributed by atoms with Gasteiger partial charge in [-0.05, 0) is 47.0 Å². The summed E-state index contributed by atoms with van der Waals surface area (Å²) in [5.74, 6) is 0.867. The fourth-order valence-corrected chi connectivity index (χ4v) is 2.84. The molecule has 0 N–H and O–H groups in total. The summed E-state index contributed by atoms with van der Waals surface area (Å²) in [6.45, 7) is 8.07. The summed E-state index contributed by atoms with van der Waals surface area (Å²) in [7, 11) is 0. The molecule has 2 unspecified atom stereocenters. The average Bonchev–Trinajstić information content (AvgIpc) is 2.58. The third kappa shape index (κ3) is 2.11. The van der Waals surface area contributed by atoms with Crippen LogP contribution in [0.25, 0.3) is 0 Å². The molecular weight excluding hydrogens is 214 g/mol. The fourth-order valence-electron chi connectivity index (χ4n) is 2.84. The first-order valence-electron chi connectivity index (χ1n) is 6.39. The van der Waals surface area contributed by atoms with Crippen LogP contribution in [0, 0.1) is 13.8 Å². The van der Waals surface area contributed by atoms with Crippen molar-refractivity contribution in [3.05, 3.63) is 23.2 Å².